The Morgan fingerprint density at radius 3 is 2.95 bits per heavy atom. The molecule has 0 spiro atoms. The molecule has 0 radical (unpaired) electrons. The van der Waals surface area contributed by atoms with Gasteiger partial charge in [0.2, 0.25) is 0 Å². The lowest BCUT2D eigenvalue weighted by Gasteiger charge is -2.23. The number of aromatic nitrogens is 2. The van der Waals surface area contributed by atoms with E-state index in [1.807, 2.05) is 0 Å². The van der Waals surface area contributed by atoms with Crippen molar-refractivity contribution < 1.29 is 18.3 Å². The lowest BCUT2D eigenvalue weighted by Crippen LogP contribution is -2.19. The van der Waals surface area contributed by atoms with Crippen LogP contribution in [0.3, 0.4) is 0 Å². The average Bonchev–Trinajstić information content (AvgIpc) is 2.89. The highest BCUT2D eigenvalue weighted by atomic mass is 19.2. The van der Waals surface area contributed by atoms with Crippen molar-refractivity contribution in [1.29, 1.82) is 0 Å². The number of rotatable bonds is 2. The monoisotopic (exact) mass is 266 g/mol. The van der Waals surface area contributed by atoms with Gasteiger partial charge < -0.3 is 4.74 Å². The molecule has 1 saturated heterocycles. The summed E-state index contributed by atoms with van der Waals surface area (Å²) in [6, 6.07) is 0.887. The number of hydrogen-bond acceptors (Lipinski definition) is 3. The molecule has 19 heavy (non-hydrogen) atoms. The first-order valence-electron chi connectivity index (χ1n) is 6.14. The fourth-order valence-corrected chi connectivity index (χ4v) is 2.42. The highest BCUT2D eigenvalue weighted by Gasteiger charge is 2.23. The van der Waals surface area contributed by atoms with Gasteiger partial charge in [-0.05, 0) is 25.3 Å². The number of halogens is 2. The maximum atomic E-state index is 14.0. The fraction of sp³-hybridized carbons (Fsp3) is 0.385. The topological polar surface area (TPSA) is 44.1 Å². The van der Waals surface area contributed by atoms with Gasteiger partial charge in [0.1, 0.15) is 5.52 Å². The van der Waals surface area contributed by atoms with E-state index < -0.39 is 17.9 Å². The molecule has 0 amide bonds. The first-order valence-corrected chi connectivity index (χ1v) is 6.14. The van der Waals surface area contributed by atoms with Crippen LogP contribution in [0.25, 0.3) is 10.9 Å². The van der Waals surface area contributed by atoms with E-state index in [0.29, 0.717) is 24.7 Å². The second-order valence-electron chi connectivity index (χ2n) is 4.55. The van der Waals surface area contributed by atoms with Crippen LogP contribution in [0.5, 0.6) is 0 Å². The van der Waals surface area contributed by atoms with E-state index in [2.05, 4.69) is 5.10 Å². The van der Waals surface area contributed by atoms with E-state index in [1.54, 1.807) is 0 Å². The number of fused-ring (bicyclic) bond motifs is 1. The molecule has 2 heterocycles. The van der Waals surface area contributed by atoms with Crippen molar-refractivity contribution >= 4 is 17.2 Å². The molecule has 0 bridgehead atoms. The zero-order valence-electron chi connectivity index (χ0n) is 10.1. The maximum absolute atomic E-state index is 14.0. The predicted octanol–water partition coefficient (Wildman–Crippen LogP) is 2.83. The minimum atomic E-state index is -1.05. The normalized spacial score (nSPS) is 19.8. The Kier molecular flexibility index (Phi) is 3.02. The average molecular weight is 266 g/mol. The number of carbonyl (C=O) groups excluding carboxylic acids is 1. The van der Waals surface area contributed by atoms with Gasteiger partial charge in [-0.2, -0.15) is 5.10 Å². The summed E-state index contributed by atoms with van der Waals surface area (Å²) in [6.07, 6.45) is 4.07. The quantitative estimate of drug-likeness (QED) is 0.785. The molecule has 0 aliphatic carbocycles. The van der Waals surface area contributed by atoms with Gasteiger partial charge in [0.25, 0.3) is 0 Å². The third-order valence-electron chi connectivity index (χ3n) is 3.36. The Labute approximate surface area is 108 Å². The Morgan fingerprint density at radius 2 is 2.26 bits per heavy atom. The molecular formula is C13H12F2N2O2. The third-order valence-corrected chi connectivity index (χ3v) is 3.36. The van der Waals surface area contributed by atoms with Crippen LogP contribution in [0.15, 0.2) is 12.3 Å². The smallest absolute Gasteiger partial charge is 0.184 e. The summed E-state index contributed by atoms with van der Waals surface area (Å²) in [7, 11) is 0. The number of nitrogens with zero attached hydrogens (tertiary/aromatic N) is 2. The van der Waals surface area contributed by atoms with E-state index in [9.17, 15) is 13.6 Å². The zero-order chi connectivity index (χ0) is 13.4. The lowest BCUT2D eigenvalue weighted by molar-refractivity contribution is -0.0369. The van der Waals surface area contributed by atoms with Crippen molar-refractivity contribution in [2.45, 2.75) is 25.5 Å². The minimum absolute atomic E-state index is 0.00556. The molecular weight excluding hydrogens is 254 g/mol. The fourth-order valence-electron chi connectivity index (χ4n) is 2.42. The number of aldehydes is 1. The van der Waals surface area contributed by atoms with Gasteiger partial charge in [-0.25, -0.2) is 13.5 Å². The Hall–Kier alpha value is -1.82. The molecule has 1 fully saturated rings. The van der Waals surface area contributed by atoms with Gasteiger partial charge >= 0.3 is 0 Å². The molecule has 1 aromatic heterocycles. The molecule has 2 aromatic rings. The van der Waals surface area contributed by atoms with Crippen LogP contribution in [0, 0.1) is 11.6 Å². The van der Waals surface area contributed by atoms with Crippen LogP contribution < -0.4 is 0 Å². The predicted molar refractivity (Wildman–Crippen MR) is 63.9 cm³/mol. The summed E-state index contributed by atoms with van der Waals surface area (Å²) in [5, 5.41) is 4.36. The summed E-state index contributed by atoms with van der Waals surface area (Å²) in [5.74, 6) is -2.04. The molecule has 1 aromatic carbocycles. The Morgan fingerprint density at radius 1 is 1.42 bits per heavy atom. The molecule has 1 unspecified atom stereocenters. The van der Waals surface area contributed by atoms with Gasteiger partial charge in [-0.1, -0.05) is 0 Å². The lowest BCUT2D eigenvalue weighted by atomic mass is 10.1. The summed E-state index contributed by atoms with van der Waals surface area (Å²) < 4.78 is 34.3. The van der Waals surface area contributed by atoms with E-state index in [-0.39, 0.29) is 11.1 Å². The van der Waals surface area contributed by atoms with Crippen molar-refractivity contribution in [1.82, 2.24) is 9.78 Å². The van der Waals surface area contributed by atoms with Gasteiger partial charge in [-0.15, -0.1) is 0 Å². The second kappa shape index (κ2) is 4.70. The van der Waals surface area contributed by atoms with Gasteiger partial charge in [-0.3, -0.25) is 4.79 Å². The van der Waals surface area contributed by atoms with Gasteiger partial charge in [0.15, 0.2) is 24.1 Å². The van der Waals surface area contributed by atoms with Gasteiger partial charge in [0, 0.05) is 17.6 Å². The molecule has 1 atom stereocenters. The van der Waals surface area contributed by atoms with Crippen LogP contribution in [0.4, 0.5) is 8.78 Å². The summed E-state index contributed by atoms with van der Waals surface area (Å²) in [6.45, 7) is 0.573. The van der Waals surface area contributed by atoms with Crippen LogP contribution in [0.2, 0.25) is 0 Å². The third kappa shape index (κ3) is 1.92. The molecule has 100 valence electrons. The SMILES string of the molecule is O=Cc1cc(F)c(F)c2c1cnn2C1CCCCO1. The van der Waals surface area contributed by atoms with E-state index in [0.717, 1.165) is 18.9 Å². The number of ether oxygens (including phenoxy) is 1. The van der Waals surface area contributed by atoms with Gasteiger partial charge in [0.05, 0.1) is 6.20 Å². The molecule has 0 saturated carbocycles. The van der Waals surface area contributed by atoms with Crippen molar-refractivity contribution in [3.63, 3.8) is 0 Å². The van der Waals surface area contributed by atoms with E-state index in [4.69, 9.17) is 4.74 Å². The molecule has 3 rings (SSSR count). The number of hydrogen-bond donors (Lipinski definition) is 0. The van der Waals surface area contributed by atoms with E-state index in [1.165, 1.54) is 10.9 Å². The molecule has 0 N–H and O–H groups in total. The molecule has 6 heteroatoms. The summed E-state index contributed by atoms with van der Waals surface area (Å²) in [5.41, 5.74) is 0.0879. The van der Waals surface area contributed by atoms with E-state index >= 15 is 0 Å². The van der Waals surface area contributed by atoms with Crippen LogP contribution >= 0.6 is 0 Å². The van der Waals surface area contributed by atoms with Crippen molar-refractivity contribution in [3.05, 3.63) is 29.5 Å². The second-order valence-corrected chi connectivity index (χ2v) is 4.55. The molecule has 1 aliphatic rings. The largest absolute Gasteiger partial charge is 0.356 e. The number of carbonyl (C=O) groups is 1. The van der Waals surface area contributed by atoms with Crippen LogP contribution in [0.1, 0.15) is 35.8 Å². The first-order chi connectivity index (χ1) is 9.22. The standard InChI is InChI=1S/C13H12F2N2O2/c14-10-5-8(7-18)9-6-16-17(13(9)12(10)15)11-3-1-2-4-19-11/h5-7,11H,1-4H2. The van der Waals surface area contributed by atoms with Crippen molar-refractivity contribution in [2.24, 2.45) is 0 Å². The summed E-state index contributed by atoms with van der Waals surface area (Å²) in [4.78, 5) is 10.9. The summed E-state index contributed by atoms with van der Waals surface area (Å²) >= 11 is 0. The van der Waals surface area contributed by atoms with Crippen LogP contribution in [-0.2, 0) is 4.74 Å². The Bertz CT molecular complexity index is 633. The first kappa shape index (κ1) is 12.2. The highest BCUT2D eigenvalue weighted by Crippen LogP contribution is 2.29. The maximum Gasteiger partial charge on any atom is 0.184 e. The van der Waals surface area contributed by atoms with Crippen molar-refractivity contribution in [2.75, 3.05) is 6.61 Å². The minimum Gasteiger partial charge on any atom is -0.356 e. The molecule has 4 nitrogen and oxygen atoms in total. The van der Waals surface area contributed by atoms with Crippen LogP contribution in [-0.4, -0.2) is 22.7 Å². The zero-order valence-corrected chi connectivity index (χ0v) is 10.1. The van der Waals surface area contributed by atoms with Crippen molar-refractivity contribution in [3.8, 4) is 0 Å². The molecule has 1 aliphatic heterocycles. The Balaban J connectivity index is 2.20. The number of benzene rings is 1. The highest BCUT2D eigenvalue weighted by molar-refractivity contribution is 5.96.